The molecule has 1 amide bonds. The molecule has 0 unspecified atom stereocenters. The van der Waals surface area contributed by atoms with Crippen LogP contribution in [0.4, 0.5) is 4.79 Å². The first kappa shape index (κ1) is 12.5. The van der Waals surface area contributed by atoms with Gasteiger partial charge in [-0.1, -0.05) is 30.5 Å². The zero-order valence-corrected chi connectivity index (χ0v) is 10.2. The minimum atomic E-state index is -0.484. The highest BCUT2D eigenvalue weighted by atomic mass is 16.7. The number of nitrogens with one attached hydrogen (secondary N) is 1. The Morgan fingerprint density at radius 2 is 2.28 bits per heavy atom. The van der Waals surface area contributed by atoms with Crippen LogP contribution < -0.4 is 5.32 Å². The molecule has 1 heterocycles. The van der Waals surface area contributed by atoms with Gasteiger partial charge in [0.15, 0.2) is 0 Å². The largest absolute Gasteiger partial charge is 0.433 e. The molecule has 0 atom stereocenters. The summed E-state index contributed by atoms with van der Waals surface area (Å²) < 4.78 is 0. The molecule has 1 aliphatic rings. The zero-order valence-electron chi connectivity index (χ0n) is 10.2. The summed E-state index contributed by atoms with van der Waals surface area (Å²) in [5.74, 6) is 0. The highest BCUT2D eigenvalue weighted by Crippen LogP contribution is 2.17. The molecule has 0 radical (unpaired) electrons. The summed E-state index contributed by atoms with van der Waals surface area (Å²) in [7, 11) is 0. The summed E-state index contributed by atoms with van der Waals surface area (Å²) in [6, 6.07) is 3.86. The van der Waals surface area contributed by atoms with Crippen LogP contribution in [0.1, 0.15) is 37.7 Å². The average Bonchev–Trinajstić information content (AvgIpc) is 2.41. The van der Waals surface area contributed by atoms with Gasteiger partial charge in [0.1, 0.15) is 0 Å². The molecule has 0 aromatic carbocycles. The molecule has 0 spiro atoms. The first-order valence-electron chi connectivity index (χ1n) is 6.25. The Balaban J connectivity index is 1.72. The van der Waals surface area contributed by atoms with E-state index in [1.807, 2.05) is 6.07 Å². The van der Waals surface area contributed by atoms with Crippen molar-refractivity contribution in [3.63, 3.8) is 0 Å². The number of carbonyl (C=O) groups excluding carboxylic acids is 1. The number of rotatable bonds is 3. The van der Waals surface area contributed by atoms with E-state index < -0.39 is 6.09 Å². The monoisotopic (exact) mass is 247 g/mol. The van der Waals surface area contributed by atoms with Gasteiger partial charge >= 0.3 is 6.09 Å². The minimum absolute atomic E-state index is 0.236. The summed E-state index contributed by atoms with van der Waals surface area (Å²) in [5, 5.41) is 6.44. The van der Waals surface area contributed by atoms with Gasteiger partial charge in [0.05, 0.1) is 6.21 Å². The Kier molecular flexibility index (Phi) is 4.69. The molecule has 5 nitrogen and oxygen atoms in total. The van der Waals surface area contributed by atoms with Crippen molar-refractivity contribution < 1.29 is 9.63 Å². The van der Waals surface area contributed by atoms with E-state index in [1.165, 1.54) is 25.5 Å². The van der Waals surface area contributed by atoms with Gasteiger partial charge in [-0.2, -0.15) is 0 Å². The average molecular weight is 247 g/mol. The lowest BCUT2D eigenvalue weighted by molar-refractivity contribution is 0.144. The van der Waals surface area contributed by atoms with Crippen molar-refractivity contribution in [3.05, 3.63) is 30.1 Å². The van der Waals surface area contributed by atoms with Gasteiger partial charge in [0.2, 0.25) is 0 Å². The van der Waals surface area contributed by atoms with Crippen molar-refractivity contribution in [2.75, 3.05) is 0 Å². The normalized spacial score (nSPS) is 16.7. The Hall–Kier alpha value is -1.91. The van der Waals surface area contributed by atoms with Gasteiger partial charge < -0.3 is 5.32 Å². The molecule has 1 aliphatic carbocycles. The van der Waals surface area contributed by atoms with Crippen LogP contribution in [0.5, 0.6) is 0 Å². The first-order valence-corrected chi connectivity index (χ1v) is 6.25. The third-order valence-electron chi connectivity index (χ3n) is 2.95. The lowest BCUT2D eigenvalue weighted by Crippen LogP contribution is -2.35. The van der Waals surface area contributed by atoms with E-state index in [2.05, 4.69) is 15.5 Å². The van der Waals surface area contributed by atoms with Crippen molar-refractivity contribution in [3.8, 4) is 0 Å². The lowest BCUT2D eigenvalue weighted by atomic mass is 9.96. The fourth-order valence-electron chi connectivity index (χ4n) is 2.03. The maximum absolute atomic E-state index is 11.4. The quantitative estimate of drug-likeness (QED) is 0.507. The van der Waals surface area contributed by atoms with Crippen molar-refractivity contribution in [1.82, 2.24) is 10.3 Å². The Morgan fingerprint density at radius 1 is 1.44 bits per heavy atom. The molecule has 1 saturated carbocycles. The molecule has 0 aliphatic heterocycles. The maximum Gasteiger partial charge on any atom is 0.433 e. The van der Waals surface area contributed by atoms with E-state index in [-0.39, 0.29) is 6.04 Å². The first-order chi connectivity index (χ1) is 8.84. The maximum atomic E-state index is 11.4. The summed E-state index contributed by atoms with van der Waals surface area (Å²) in [4.78, 5) is 20.1. The molecule has 0 saturated heterocycles. The Morgan fingerprint density at radius 3 is 3.00 bits per heavy atom. The van der Waals surface area contributed by atoms with E-state index in [9.17, 15) is 4.79 Å². The predicted molar refractivity (Wildman–Crippen MR) is 68.3 cm³/mol. The molecule has 18 heavy (non-hydrogen) atoms. The van der Waals surface area contributed by atoms with Gasteiger partial charge in [-0.25, -0.2) is 4.79 Å². The summed E-state index contributed by atoms with van der Waals surface area (Å²) in [6.07, 6.45) is 9.96. The van der Waals surface area contributed by atoms with Crippen LogP contribution >= 0.6 is 0 Å². The van der Waals surface area contributed by atoms with Crippen LogP contribution in [-0.2, 0) is 4.84 Å². The zero-order chi connectivity index (χ0) is 12.6. The summed E-state index contributed by atoms with van der Waals surface area (Å²) in [5.41, 5.74) is 0.794. The van der Waals surface area contributed by atoms with Crippen LogP contribution in [0.3, 0.4) is 0 Å². The predicted octanol–water partition coefficient (Wildman–Crippen LogP) is 2.47. The van der Waals surface area contributed by atoms with Crippen molar-refractivity contribution in [1.29, 1.82) is 0 Å². The number of hydrogen-bond acceptors (Lipinski definition) is 4. The van der Waals surface area contributed by atoms with Crippen molar-refractivity contribution >= 4 is 12.3 Å². The smallest absolute Gasteiger partial charge is 0.317 e. The second-order valence-corrected chi connectivity index (χ2v) is 4.38. The molecule has 5 heteroatoms. The van der Waals surface area contributed by atoms with Gasteiger partial charge in [-0.05, 0) is 18.9 Å². The minimum Gasteiger partial charge on any atom is -0.317 e. The summed E-state index contributed by atoms with van der Waals surface area (Å²) in [6.45, 7) is 0. The number of hydrogen-bond donors (Lipinski definition) is 1. The highest BCUT2D eigenvalue weighted by molar-refractivity contribution is 5.79. The number of aromatic nitrogens is 1. The standard InChI is InChI=1S/C13H17N3O2/c17-13(16-12-6-2-1-3-7-12)18-15-10-11-5-4-8-14-9-11/h4-5,8-10,12H,1-3,6-7H2,(H,16,17)/b15-10-. The van der Waals surface area contributed by atoms with Crippen LogP contribution in [-0.4, -0.2) is 23.3 Å². The second-order valence-electron chi connectivity index (χ2n) is 4.38. The number of oxime groups is 1. The Labute approximate surface area is 106 Å². The number of amides is 1. The highest BCUT2D eigenvalue weighted by Gasteiger charge is 2.16. The fourth-order valence-corrected chi connectivity index (χ4v) is 2.03. The van der Waals surface area contributed by atoms with Crippen LogP contribution in [0, 0.1) is 0 Å². The van der Waals surface area contributed by atoms with E-state index >= 15 is 0 Å². The molecule has 96 valence electrons. The van der Waals surface area contributed by atoms with Gasteiger partial charge in [-0.3, -0.25) is 9.82 Å². The molecule has 1 aromatic heterocycles. The summed E-state index contributed by atoms with van der Waals surface area (Å²) >= 11 is 0. The second kappa shape index (κ2) is 6.74. The fraction of sp³-hybridized carbons (Fsp3) is 0.462. The third kappa shape index (κ3) is 4.16. The number of carbonyl (C=O) groups is 1. The van der Waals surface area contributed by atoms with Gasteiger partial charge in [0.25, 0.3) is 0 Å². The van der Waals surface area contributed by atoms with E-state index in [0.717, 1.165) is 18.4 Å². The third-order valence-corrected chi connectivity index (χ3v) is 2.95. The lowest BCUT2D eigenvalue weighted by Gasteiger charge is -2.21. The van der Waals surface area contributed by atoms with Crippen LogP contribution in [0.15, 0.2) is 29.7 Å². The van der Waals surface area contributed by atoms with Crippen LogP contribution in [0.2, 0.25) is 0 Å². The SMILES string of the molecule is O=C(NC1CCCCC1)O/N=C\c1cccnc1. The molecule has 0 bridgehead atoms. The molecule has 2 rings (SSSR count). The number of pyridine rings is 1. The molecule has 1 aromatic rings. The molecule has 1 fully saturated rings. The molecular formula is C13H17N3O2. The van der Waals surface area contributed by atoms with E-state index in [4.69, 9.17) is 4.84 Å². The Bertz CT molecular complexity index is 400. The van der Waals surface area contributed by atoms with Gasteiger partial charge in [0, 0.05) is 24.0 Å². The topological polar surface area (TPSA) is 63.6 Å². The number of nitrogens with zero attached hydrogens (tertiary/aromatic N) is 2. The van der Waals surface area contributed by atoms with E-state index in [0.29, 0.717) is 0 Å². The van der Waals surface area contributed by atoms with Crippen LogP contribution in [0.25, 0.3) is 0 Å². The molecule has 1 N–H and O–H groups in total. The van der Waals surface area contributed by atoms with Crippen molar-refractivity contribution in [2.24, 2.45) is 5.16 Å². The molecular weight excluding hydrogens is 230 g/mol. The van der Waals surface area contributed by atoms with Gasteiger partial charge in [-0.15, -0.1) is 0 Å². The van der Waals surface area contributed by atoms with Crippen molar-refractivity contribution in [2.45, 2.75) is 38.1 Å². The van der Waals surface area contributed by atoms with E-state index in [1.54, 1.807) is 18.5 Å².